The maximum absolute atomic E-state index is 12.7. The molecule has 0 aliphatic carbocycles. The number of hydrogen-bond acceptors (Lipinski definition) is 2. The molecule has 74 valence electrons. The summed E-state index contributed by atoms with van der Waals surface area (Å²) in [6.07, 6.45) is 0. The van der Waals surface area contributed by atoms with Gasteiger partial charge in [0.15, 0.2) is 0 Å². The molecule has 0 amide bonds. The average molecular weight is 257 g/mol. The fourth-order valence-corrected chi connectivity index (χ4v) is 1.43. The van der Waals surface area contributed by atoms with Gasteiger partial charge < -0.3 is 5.32 Å². The molecule has 4 heteroatoms. The number of hydrogen-bond donors (Lipinski definition) is 1. The van der Waals surface area contributed by atoms with Gasteiger partial charge in [-0.1, -0.05) is 0 Å². The lowest BCUT2D eigenvalue weighted by Gasteiger charge is -2.09. The minimum absolute atomic E-state index is 0.0630. The molecule has 14 heavy (non-hydrogen) atoms. The van der Waals surface area contributed by atoms with E-state index >= 15 is 0 Å². The Hall–Kier alpha value is -1.08. The summed E-state index contributed by atoms with van der Waals surface area (Å²) in [5.74, 6) is -0.345. The first-order valence-corrected chi connectivity index (χ1v) is 5.01. The van der Waals surface area contributed by atoms with Crippen LogP contribution in [0, 0.1) is 23.1 Å². The first kappa shape index (κ1) is 11.0. The van der Waals surface area contributed by atoms with E-state index in [1.807, 2.05) is 6.92 Å². The van der Waals surface area contributed by atoms with E-state index in [2.05, 4.69) is 27.3 Å². The topological polar surface area (TPSA) is 35.8 Å². The number of anilines is 1. The minimum atomic E-state index is -0.282. The van der Waals surface area contributed by atoms with Crippen LogP contribution in [-0.4, -0.2) is 6.54 Å². The third-order valence-corrected chi connectivity index (χ3v) is 2.41. The molecule has 0 aromatic heterocycles. The summed E-state index contributed by atoms with van der Waals surface area (Å²) in [5.41, 5.74) is 0.800. The summed E-state index contributed by atoms with van der Waals surface area (Å²) in [6.45, 7) is 2.38. The van der Waals surface area contributed by atoms with Crippen molar-refractivity contribution >= 4 is 21.6 Å². The van der Waals surface area contributed by atoms with Crippen molar-refractivity contribution in [3.63, 3.8) is 0 Å². The summed E-state index contributed by atoms with van der Waals surface area (Å²) in [4.78, 5) is 0. The van der Waals surface area contributed by atoms with Crippen molar-refractivity contribution in [3.05, 3.63) is 28.5 Å². The monoisotopic (exact) mass is 256 g/mol. The van der Waals surface area contributed by atoms with Gasteiger partial charge in [0.2, 0.25) is 0 Å². The van der Waals surface area contributed by atoms with Crippen molar-refractivity contribution in [2.45, 2.75) is 6.92 Å². The molecule has 1 N–H and O–H groups in total. The van der Waals surface area contributed by atoms with E-state index in [0.717, 1.165) is 5.69 Å². The van der Waals surface area contributed by atoms with Crippen LogP contribution in [0.4, 0.5) is 10.1 Å². The highest BCUT2D eigenvalue weighted by Gasteiger charge is 2.03. The highest BCUT2D eigenvalue weighted by molar-refractivity contribution is 9.10. The van der Waals surface area contributed by atoms with Crippen molar-refractivity contribution < 1.29 is 4.39 Å². The maximum Gasteiger partial charge on any atom is 0.124 e. The highest BCUT2D eigenvalue weighted by atomic mass is 79.9. The quantitative estimate of drug-likeness (QED) is 0.902. The normalized spacial score (nSPS) is 11.9. The Morgan fingerprint density at radius 3 is 2.93 bits per heavy atom. The van der Waals surface area contributed by atoms with Crippen LogP contribution in [0.5, 0.6) is 0 Å². The number of nitrogens with one attached hydrogen (secondary N) is 1. The van der Waals surface area contributed by atoms with Crippen LogP contribution in [-0.2, 0) is 0 Å². The molecular formula is C10H10BrFN2. The van der Waals surface area contributed by atoms with Crippen molar-refractivity contribution in [1.82, 2.24) is 0 Å². The Kier molecular flexibility index (Phi) is 3.90. The van der Waals surface area contributed by atoms with Crippen molar-refractivity contribution in [2.24, 2.45) is 5.92 Å². The second-order valence-electron chi connectivity index (χ2n) is 3.04. The van der Waals surface area contributed by atoms with E-state index in [1.54, 1.807) is 6.07 Å². The third kappa shape index (κ3) is 3.00. The van der Waals surface area contributed by atoms with Gasteiger partial charge in [-0.15, -0.1) is 0 Å². The molecule has 1 unspecified atom stereocenters. The zero-order valence-corrected chi connectivity index (χ0v) is 9.31. The summed E-state index contributed by atoms with van der Waals surface area (Å²) in [6, 6.07) is 6.52. The lowest BCUT2D eigenvalue weighted by atomic mass is 10.2. The Balaban J connectivity index is 2.64. The third-order valence-electron chi connectivity index (χ3n) is 1.75. The number of benzene rings is 1. The van der Waals surface area contributed by atoms with Gasteiger partial charge >= 0.3 is 0 Å². The number of rotatable bonds is 3. The SMILES string of the molecule is CC(C#N)CNc1ccc(F)cc1Br. The molecule has 0 fully saturated rings. The number of nitriles is 1. The van der Waals surface area contributed by atoms with Crippen molar-refractivity contribution in [3.8, 4) is 6.07 Å². The standard InChI is InChI=1S/C10H10BrFN2/c1-7(5-13)6-14-10-3-2-8(12)4-9(10)11/h2-4,7,14H,6H2,1H3. The van der Waals surface area contributed by atoms with Crippen molar-refractivity contribution in [2.75, 3.05) is 11.9 Å². The van der Waals surface area contributed by atoms with Gasteiger partial charge in [-0.3, -0.25) is 0 Å². The largest absolute Gasteiger partial charge is 0.383 e. The second-order valence-corrected chi connectivity index (χ2v) is 3.89. The van der Waals surface area contributed by atoms with Gasteiger partial charge in [-0.25, -0.2) is 4.39 Å². The molecule has 0 heterocycles. The van der Waals surface area contributed by atoms with Gasteiger partial charge in [0.05, 0.1) is 12.0 Å². The van der Waals surface area contributed by atoms with Crippen LogP contribution in [0.15, 0.2) is 22.7 Å². The highest BCUT2D eigenvalue weighted by Crippen LogP contribution is 2.23. The molecular weight excluding hydrogens is 247 g/mol. The Labute approximate surface area is 90.9 Å². The fraction of sp³-hybridized carbons (Fsp3) is 0.300. The zero-order valence-electron chi connectivity index (χ0n) is 7.72. The van der Waals surface area contributed by atoms with E-state index in [-0.39, 0.29) is 11.7 Å². The molecule has 0 aliphatic rings. The minimum Gasteiger partial charge on any atom is -0.383 e. The van der Waals surface area contributed by atoms with Crippen LogP contribution >= 0.6 is 15.9 Å². The van der Waals surface area contributed by atoms with E-state index in [0.29, 0.717) is 11.0 Å². The molecule has 0 spiro atoms. The summed E-state index contributed by atoms with van der Waals surface area (Å²) in [5, 5.41) is 11.6. The van der Waals surface area contributed by atoms with E-state index in [9.17, 15) is 4.39 Å². The average Bonchev–Trinajstić information content (AvgIpc) is 2.16. The van der Waals surface area contributed by atoms with Crippen molar-refractivity contribution in [1.29, 1.82) is 5.26 Å². The number of nitrogens with zero attached hydrogens (tertiary/aromatic N) is 1. The Morgan fingerprint density at radius 1 is 1.64 bits per heavy atom. The zero-order chi connectivity index (χ0) is 10.6. The molecule has 1 aromatic carbocycles. The predicted molar refractivity (Wildman–Crippen MR) is 57.4 cm³/mol. The van der Waals surface area contributed by atoms with Gasteiger partial charge in [-0.2, -0.15) is 5.26 Å². The predicted octanol–water partition coefficient (Wildman–Crippen LogP) is 3.16. The molecule has 2 nitrogen and oxygen atoms in total. The van der Waals surface area contributed by atoms with Crippen LogP contribution in [0.25, 0.3) is 0 Å². The molecule has 0 saturated heterocycles. The van der Waals surface area contributed by atoms with Crippen LogP contribution in [0.2, 0.25) is 0 Å². The van der Waals surface area contributed by atoms with E-state index in [4.69, 9.17) is 5.26 Å². The fourth-order valence-electron chi connectivity index (χ4n) is 0.942. The van der Waals surface area contributed by atoms with Gasteiger partial charge in [0.25, 0.3) is 0 Å². The van der Waals surface area contributed by atoms with Gasteiger partial charge in [-0.05, 0) is 41.1 Å². The van der Waals surface area contributed by atoms with Gasteiger partial charge in [0, 0.05) is 16.7 Å². The molecule has 0 bridgehead atoms. The molecule has 0 saturated carbocycles. The molecule has 1 aromatic rings. The second kappa shape index (κ2) is 4.97. The molecule has 0 radical (unpaired) electrons. The summed E-state index contributed by atoms with van der Waals surface area (Å²) < 4.78 is 13.4. The first-order valence-electron chi connectivity index (χ1n) is 4.22. The van der Waals surface area contributed by atoms with E-state index in [1.165, 1.54) is 12.1 Å². The first-order chi connectivity index (χ1) is 6.63. The molecule has 1 rings (SSSR count). The smallest absolute Gasteiger partial charge is 0.124 e. The summed E-state index contributed by atoms with van der Waals surface area (Å²) >= 11 is 3.23. The Bertz CT molecular complexity index is 360. The van der Waals surface area contributed by atoms with Crippen LogP contribution < -0.4 is 5.32 Å². The molecule has 1 atom stereocenters. The lowest BCUT2D eigenvalue weighted by Crippen LogP contribution is -2.09. The van der Waals surface area contributed by atoms with Crippen LogP contribution in [0.1, 0.15) is 6.92 Å². The lowest BCUT2D eigenvalue weighted by molar-refractivity contribution is 0.627. The van der Waals surface area contributed by atoms with Gasteiger partial charge in [0.1, 0.15) is 5.82 Å². The Morgan fingerprint density at radius 2 is 2.36 bits per heavy atom. The maximum atomic E-state index is 12.7. The summed E-state index contributed by atoms with van der Waals surface area (Å²) in [7, 11) is 0. The van der Waals surface area contributed by atoms with E-state index < -0.39 is 0 Å². The van der Waals surface area contributed by atoms with Crippen LogP contribution in [0.3, 0.4) is 0 Å². The number of halogens is 2. The molecule has 0 aliphatic heterocycles.